The fourth-order valence-electron chi connectivity index (χ4n) is 1.82. The zero-order valence-electron chi connectivity index (χ0n) is 12.2. The van der Waals surface area contributed by atoms with Crippen molar-refractivity contribution in [2.24, 2.45) is 0 Å². The Morgan fingerprint density at radius 3 is 2.26 bits per heavy atom. The SMILES string of the molecule is COc1ccc(NC(=O)Nc2ccc(F)c(F)c2F)cc1OC. The highest BCUT2D eigenvalue weighted by atomic mass is 19.2. The van der Waals surface area contributed by atoms with Crippen molar-refractivity contribution in [3.05, 3.63) is 47.8 Å². The van der Waals surface area contributed by atoms with Crippen LogP contribution in [0.5, 0.6) is 11.5 Å². The van der Waals surface area contributed by atoms with Gasteiger partial charge in [-0.15, -0.1) is 0 Å². The van der Waals surface area contributed by atoms with E-state index in [0.29, 0.717) is 23.3 Å². The van der Waals surface area contributed by atoms with Crippen molar-refractivity contribution in [2.45, 2.75) is 0 Å². The first-order valence-corrected chi connectivity index (χ1v) is 6.39. The molecule has 2 rings (SSSR count). The Balaban J connectivity index is 2.12. The van der Waals surface area contributed by atoms with Crippen LogP contribution in [0.15, 0.2) is 30.3 Å². The van der Waals surface area contributed by atoms with Crippen LogP contribution in [0.3, 0.4) is 0 Å². The van der Waals surface area contributed by atoms with Crippen molar-refractivity contribution in [1.82, 2.24) is 0 Å². The third-order valence-corrected chi connectivity index (χ3v) is 2.92. The van der Waals surface area contributed by atoms with E-state index in [9.17, 15) is 18.0 Å². The maximum Gasteiger partial charge on any atom is 0.323 e. The molecule has 2 amide bonds. The predicted octanol–water partition coefficient (Wildman–Crippen LogP) is 3.77. The number of benzene rings is 2. The molecular formula is C15H13F3N2O3. The van der Waals surface area contributed by atoms with Gasteiger partial charge in [0.25, 0.3) is 0 Å². The molecule has 2 N–H and O–H groups in total. The quantitative estimate of drug-likeness (QED) is 0.841. The van der Waals surface area contributed by atoms with Crippen LogP contribution >= 0.6 is 0 Å². The Labute approximate surface area is 130 Å². The van der Waals surface area contributed by atoms with Gasteiger partial charge in [-0.05, 0) is 24.3 Å². The second-order valence-electron chi connectivity index (χ2n) is 4.37. The highest BCUT2D eigenvalue weighted by Gasteiger charge is 2.15. The van der Waals surface area contributed by atoms with Crippen LogP contribution in [-0.2, 0) is 0 Å². The van der Waals surface area contributed by atoms with E-state index < -0.39 is 29.2 Å². The number of rotatable bonds is 4. The molecule has 0 aliphatic heterocycles. The molecule has 2 aromatic rings. The highest BCUT2D eigenvalue weighted by molar-refractivity contribution is 6.00. The number of hydrogen-bond acceptors (Lipinski definition) is 3. The molecule has 0 atom stereocenters. The molecule has 0 unspecified atom stereocenters. The number of carbonyl (C=O) groups excluding carboxylic acids is 1. The molecule has 0 heterocycles. The van der Waals surface area contributed by atoms with Gasteiger partial charge >= 0.3 is 6.03 Å². The number of urea groups is 1. The third-order valence-electron chi connectivity index (χ3n) is 2.92. The number of ether oxygens (including phenoxy) is 2. The summed E-state index contributed by atoms with van der Waals surface area (Å²) in [5.41, 5.74) is -0.148. The van der Waals surface area contributed by atoms with E-state index in [1.54, 1.807) is 6.07 Å². The van der Waals surface area contributed by atoms with Gasteiger partial charge in [-0.1, -0.05) is 0 Å². The first-order chi connectivity index (χ1) is 11.0. The monoisotopic (exact) mass is 326 g/mol. The number of hydrogen-bond donors (Lipinski definition) is 2. The number of anilines is 2. The van der Waals surface area contributed by atoms with Crippen LogP contribution in [0.2, 0.25) is 0 Å². The molecule has 0 aliphatic rings. The van der Waals surface area contributed by atoms with Gasteiger partial charge in [0, 0.05) is 11.8 Å². The van der Waals surface area contributed by atoms with E-state index in [-0.39, 0.29) is 0 Å². The first kappa shape index (κ1) is 16.5. The molecule has 0 radical (unpaired) electrons. The van der Waals surface area contributed by atoms with E-state index in [1.165, 1.54) is 26.4 Å². The van der Waals surface area contributed by atoms with Gasteiger partial charge < -0.3 is 20.1 Å². The molecule has 0 bridgehead atoms. The number of halogens is 3. The van der Waals surface area contributed by atoms with Gasteiger partial charge in [-0.25, -0.2) is 18.0 Å². The Kier molecular flexibility index (Phi) is 4.95. The normalized spacial score (nSPS) is 10.1. The third kappa shape index (κ3) is 3.65. The molecular weight excluding hydrogens is 313 g/mol. The summed E-state index contributed by atoms with van der Waals surface area (Å²) < 4.78 is 49.5. The molecule has 0 saturated heterocycles. The molecule has 5 nitrogen and oxygen atoms in total. The van der Waals surface area contributed by atoms with Gasteiger partial charge in [0.2, 0.25) is 0 Å². The molecule has 122 valence electrons. The average Bonchev–Trinajstić information content (AvgIpc) is 2.55. The van der Waals surface area contributed by atoms with Crippen LogP contribution < -0.4 is 20.1 Å². The lowest BCUT2D eigenvalue weighted by Crippen LogP contribution is -2.20. The van der Waals surface area contributed by atoms with E-state index in [1.807, 2.05) is 0 Å². The van der Waals surface area contributed by atoms with E-state index in [2.05, 4.69) is 10.6 Å². The van der Waals surface area contributed by atoms with E-state index in [4.69, 9.17) is 9.47 Å². The molecule has 8 heteroatoms. The van der Waals surface area contributed by atoms with Crippen molar-refractivity contribution in [1.29, 1.82) is 0 Å². The molecule has 2 aromatic carbocycles. The summed E-state index contributed by atoms with van der Waals surface area (Å²) in [4.78, 5) is 11.8. The van der Waals surface area contributed by atoms with E-state index in [0.717, 1.165) is 6.07 Å². The largest absolute Gasteiger partial charge is 0.493 e. The molecule has 0 fully saturated rings. The van der Waals surface area contributed by atoms with Crippen LogP contribution in [0.4, 0.5) is 29.3 Å². The number of amides is 2. The van der Waals surface area contributed by atoms with Gasteiger partial charge in [-0.2, -0.15) is 0 Å². The maximum absolute atomic E-state index is 13.5. The summed E-state index contributed by atoms with van der Waals surface area (Å²) in [5, 5.41) is 4.50. The lowest BCUT2D eigenvalue weighted by atomic mass is 10.2. The smallest absolute Gasteiger partial charge is 0.323 e. The minimum absolute atomic E-state index is 0.336. The molecule has 0 saturated carbocycles. The van der Waals surface area contributed by atoms with Crippen molar-refractivity contribution < 1.29 is 27.4 Å². The van der Waals surface area contributed by atoms with E-state index >= 15 is 0 Å². The molecule has 23 heavy (non-hydrogen) atoms. The maximum atomic E-state index is 13.5. The fourth-order valence-corrected chi connectivity index (χ4v) is 1.82. The summed E-state index contributed by atoms with van der Waals surface area (Å²) >= 11 is 0. The van der Waals surface area contributed by atoms with Gasteiger partial charge in [-0.3, -0.25) is 0 Å². The Morgan fingerprint density at radius 2 is 1.61 bits per heavy atom. The molecule has 0 spiro atoms. The van der Waals surface area contributed by atoms with Crippen molar-refractivity contribution in [3.8, 4) is 11.5 Å². The standard InChI is InChI=1S/C15H13F3N2O3/c1-22-11-6-3-8(7-12(11)23-2)19-15(21)20-10-5-4-9(16)13(17)14(10)18/h3-7H,1-2H3,(H2,19,20,21). The summed E-state index contributed by atoms with van der Waals surface area (Å²) in [6.45, 7) is 0. The molecule has 0 aromatic heterocycles. The topological polar surface area (TPSA) is 59.6 Å². The van der Waals surface area contributed by atoms with Crippen LogP contribution in [0, 0.1) is 17.5 Å². The van der Waals surface area contributed by atoms with Gasteiger partial charge in [0.05, 0.1) is 19.9 Å². The summed E-state index contributed by atoms with van der Waals surface area (Å²) in [6.07, 6.45) is 0. The Bertz CT molecular complexity index is 738. The highest BCUT2D eigenvalue weighted by Crippen LogP contribution is 2.29. The lowest BCUT2D eigenvalue weighted by molar-refractivity contribution is 0.262. The van der Waals surface area contributed by atoms with Crippen molar-refractivity contribution in [2.75, 3.05) is 24.9 Å². The Hall–Kier alpha value is -2.90. The van der Waals surface area contributed by atoms with Crippen LogP contribution in [0.25, 0.3) is 0 Å². The minimum Gasteiger partial charge on any atom is -0.493 e. The Morgan fingerprint density at radius 1 is 0.913 bits per heavy atom. The number of methoxy groups -OCH3 is 2. The minimum atomic E-state index is -1.66. The number of nitrogens with one attached hydrogen (secondary N) is 2. The summed E-state index contributed by atoms with van der Waals surface area (Å²) in [5.74, 6) is -3.64. The summed E-state index contributed by atoms with van der Waals surface area (Å²) in [6, 6.07) is 5.38. The van der Waals surface area contributed by atoms with Crippen molar-refractivity contribution in [3.63, 3.8) is 0 Å². The second-order valence-corrected chi connectivity index (χ2v) is 4.37. The average molecular weight is 326 g/mol. The zero-order chi connectivity index (χ0) is 17.0. The van der Waals surface area contributed by atoms with Crippen LogP contribution in [0.1, 0.15) is 0 Å². The first-order valence-electron chi connectivity index (χ1n) is 6.39. The second kappa shape index (κ2) is 6.91. The molecule has 0 aliphatic carbocycles. The lowest BCUT2D eigenvalue weighted by Gasteiger charge is -2.12. The fraction of sp³-hybridized carbons (Fsp3) is 0.133. The van der Waals surface area contributed by atoms with Crippen LogP contribution in [-0.4, -0.2) is 20.3 Å². The zero-order valence-corrected chi connectivity index (χ0v) is 12.2. The summed E-state index contributed by atoms with van der Waals surface area (Å²) in [7, 11) is 2.89. The van der Waals surface area contributed by atoms with Gasteiger partial charge in [0.1, 0.15) is 0 Å². The number of carbonyl (C=O) groups is 1. The van der Waals surface area contributed by atoms with Gasteiger partial charge in [0.15, 0.2) is 29.0 Å². The predicted molar refractivity (Wildman–Crippen MR) is 78.5 cm³/mol. The van der Waals surface area contributed by atoms with Crippen molar-refractivity contribution >= 4 is 17.4 Å².